The fraction of sp³-hybridized carbons (Fsp3) is 0.696. The third-order valence-corrected chi connectivity index (χ3v) is 7.00. The molecule has 172 valence electrons. The molecule has 3 heterocycles. The Hall–Kier alpha value is -1.96. The molecule has 5 nitrogen and oxygen atoms in total. The van der Waals surface area contributed by atoms with Crippen molar-refractivity contribution in [3.05, 3.63) is 29.8 Å². The zero-order valence-electron chi connectivity index (χ0n) is 18.2. The lowest BCUT2D eigenvalue weighted by molar-refractivity contribution is -0.200. The number of anilines is 1. The quantitative estimate of drug-likeness (QED) is 0.684. The van der Waals surface area contributed by atoms with Crippen LogP contribution in [0.4, 0.5) is 23.7 Å². The van der Waals surface area contributed by atoms with Crippen LogP contribution in [0.15, 0.2) is 24.3 Å². The zero-order valence-corrected chi connectivity index (χ0v) is 18.2. The fourth-order valence-electron chi connectivity index (χ4n) is 5.01. The molecule has 1 aromatic carbocycles. The van der Waals surface area contributed by atoms with Crippen molar-refractivity contribution in [2.75, 3.05) is 44.2 Å². The van der Waals surface area contributed by atoms with Crippen molar-refractivity contribution in [1.82, 2.24) is 9.80 Å². The molecule has 0 bridgehead atoms. The predicted molar refractivity (Wildman–Crippen MR) is 113 cm³/mol. The SMILES string of the molecule is CC(OC(=O)N1CCC2(CC1)CN(Cc1ccc(N3CCCCC3)cc1)C2)C(F)(F)F. The first kappa shape index (κ1) is 22.2. The number of likely N-dealkylation sites (tertiary alicyclic amines) is 2. The summed E-state index contributed by atoms with van der Waals surface area (Å²) in [6.07, 6.45) is -1.95. The first-order valence-corrected chi connectivity index (χ1v) is 11.3. The molecular formula is C23H32F3N3O2. The number of alkyl halides is 3. The van der Waals surface area contributed by atoms with Crippen LogP contribution >= 0.6 is 0 Å². The first-order valence-electron chi connectivity index (χ1n) is 11.3. The summed E-state index contributed by atoms with van der Waals surface area (Å²) >= 11 is 0. The molecule has 0 N–H and O–H groups in total. The highest BCUT2D eigenvalue weighted by atomic mass is 19.4. The van der Waals surface area contributed by atoms with Gasteiger partial charge < -0.3 is 14.5 Å². The van der Waals surface area contributed by atoms with Gasteiger partial charge in [0.15, 0.2) is 6.10 Å². The van der Waals surface area contributed by atoms with E-state index in [2.05, 4.69) is 38.8 Å². The number of ether oxygens (including phenoxy) is 1. The van der Waals surface area contributed by atoms with Crippen molar-refractivity contribution in [3.8, 4) is 0 Å². The zero-order chi connectivity index (χ0) is 22.1. The molecule has 0 aliphatic carbocycles. The average Bonchev–Trinajstić information content (AvgIpc) is 2.73. The monoisotopic (exact) mass is 439 g/mol. The number of amides is 1. The summed E-state index contributed by atoms with van der Waals surface area (Å²) < 4.78 is 42.4. The highest BCUT2D eigenvalue weighted by Crippen LogP contribution is 2.41. The lowest BCUT2D eigenvalue weighted by Crippen LogP contribution is -2.60. The van der Waals surface area contributed by atoms with Crippen LogP contribution in [-0.4, -0.2) is 67.4 Å². The Morgan fingerprint density at radius 3 is 2.23 bits per heavy atom. The Labute approximate surface area is 182 Å². The molecule has 3 fully saturated rings. The van der Waals surface area contributed by atoms with E-state index in [1.165, 1.54) is 35.4 Å². The van der Waals surface area contributed by atoms with E-state index in [9.17, 15) is 18.0 Å². The van der Waals surface area contributed by atoms with E-state index >= 15 is 0 Å². The lowest BCUT2D eigenvalue weighted by Gasteiger charge is -2.54. The summed E-state index contributed by atoms with van der Waals surface area (Å²) in [5, 5.41) is 0. The molecule has 3 aliphatic rings. The summed E-state index contributed by atoms with van der Waals surface area (Å²) in [4.78, 5) is 18.3. The first-order chi connectivity index (χ1) is 14.7. The number of rotatable bonds is 4. The van der Waals surface area contributed by atoms with Crippen molar-refractivity contribution in [3.63, 3.8) is 0 Å². The van der Waals surface area contributed by atoms with Crippen molar-refractivity contribution < 1.29 is 22.7 Å². The molecule has 1 unspecified atom stereocenters. The minimum Gasteiger partial charge on any atom is -0.437 e. The van der Waals surface area contributed by atoms with Crippen LogP contribution in [0.3, 0.4) is 0 Å². The maximum absolute atomic E-state index is 12.6. The molecule has 1 atom stereocenters. The van der Waals surface area contributed by atoms with Gasteiger partial charge in [0.1, 0.15) is 0 Å². The van der Waals surface area contributed by atoms with E-state index in [1.54, 1.807) is 0 Å². The fourth-order valence-corrected chi connectivity index (χ4v) is 5.01. The Bertz CT molecular complexity index is 746. The van der Waals surface area contributed by atoms with Crippen LogP contribution in [0, 0.1) is 5.41 Å². The molecule has 8 heteroatoms. The molecular weight excluding hydrogens is 407 g/mol. The van der Waals surface area contributed by atoms with E-state index in [-0.39, 0.29) is 5.41 Å². The minimum absolute atomic E-state index is 0.181. The Balaban J connectivity index is 1.20. The molecule has 4 rings (SSSR count). The van der Waals surface area contributed by atoms with E-state index in [0.29, 0.717) is 13.1 Å². The number of carbonyl (C=O) groups is 1. The summed E-state index contributed by atoms with van der Waals surface area (Å²) in [6, 6.07) is 8.88. The Morgan fingerprint density at radius 1 is 1.03 bits per heavy atom. The van der Waals surface area contributed by atoms with Crippen molar-refractivity contribution in [2.24, 2.45) is 5.41 Å². The summed E-state index contributed by atoms with van der Waals surface area (Å²) in [7, 11) is 0. The molecule has 3 aliphatic heterocycles. The Morgan fingerprint density at radius 2 is 1.65 bits per heavy atom. The number of nitrogens with zero attached hydrogens (tertiary/aromatic N) is 3. The third kappa shape index (κ3) is 5.27. The number of hydrogen-bond donors (Lipinski definition) is 0. The maximum atomic E-state index is 12.6. The van der Waals surface area contributed by atoms with Crippen molar-refractivity contribution in [2.45, 2.75) is 57.9 Å². The minimum atomic E-state index is -4.52. The lowest BCUT2D eigenvalue weighted by atomic mass is 9.72. The van der Waals surface area contributed by atoms with Gasteiger partial charge in [0.25, 0.3) is 0 Å². The van der Waals surface area contributed by atoms with Gasteiger partial charge in [-0.1, -0.05) is 12.1 Å². The topological polar surface area (TPSA) is 36.0 Å². The number of hydrogen-bond acceptors (Lipinski definition) is 4. The second-order valence-electron chi connectivity index (χ2n) is 9.41. The molecule has 1 aromatic rings. The van der Waals surface area contributed by atoms with Gasteiger partial charge in [0.05, 0.1) is 0 Å². The van der Waals surface area contributed by atoms with E-state index in [4.69, 9.17) is 0 Å². The second-order valence-corrected chi connectivity index (χ2v) is 9.41. The third-order valence-electron chi connectivity index (χ3n) is 7.00. The Kier molecular flexibility index (Phi) is 6.37. The molecule has 1 spiro atoms. The van der Waals surface area contributed by atoms with E-state index < -0.39 is 18.4 Å². The smallest absolute Gasteiger partial charge is 0.425 e. The van der Waals surface area contributed by atoms with Crippen LogP contribution < -0.4 is 4.90 Å². The predicted octanol–water partition coefficient (Wildman–Crippen LogP) is 4.66. The van der Waals surface area contributed by atoms with Crippen LogP contribution in [0.1, 0.15) is 44.6 Å². The van der Waals surface area contributed by atoms with Gasteiger partial charge in [-0.25, -0.2) is 4.79 Å². The van der Waals surface area contributed by atoms with Crippen LogP contribution in [0.25, 0.3) is 0 Å². The van der Waals surface area contributed by atoms with Gasteiger partial charge in [0.2, 0.25) is 0 Å². The molecule has 31 heavy (non-hydrogen) atoms. The summed E-state index contributed by atoms with van der Waals surface area (Å²) in [5.74, 6) is 0. The number of halogens is 3. The van der Waals surface area contributed by atoms with Gasteiger partial charge in [-0.15, -0.1) is 0 Å². The number of benzene rings is 1. The van der Waals surface area contributed by atoms with Gasteiger partial charge in [0, 0.05) is 51.5 Å². The van der Waals surface area contributed by atoms with Crippen molar-refractivity contribution in [1.29, 1.82) is 0 Å². The normalized spacial score (nSPS) is 22.8. The van der Waals surface area contributed by atoms with Gasteiger partial charge in [-0.3, -0.25) is 4.90 Å². The van der Waals surface area contributed by atoms with Gasteiger partial charge in [-0.2, -0.15) is 13.2 Å². The van der Waals surface area contributed by atoms with E-state index in [1.807, 2.05) is 0 Å². The summed E-state index contributed by atoms with van der Waals surface area (Å²) in [6.45, 7) is 6.94. The highest BCUT2D eigenvalue weighted by molar-refractivity contribution is 5.68. The molecule has 1 amide bonds. The molecule has 3 saturated heterocycles. The van der Waals surface area contributed by atoms with Gasteiger partial charge >= 0.3 is 12.3 Å². The number of carbonyl (C=O) groups excluding carboxylic acids is 1. The van der Waals surface area contributed by atoms with Crippen molar-refractivity contribution >= 4 is 11.8 Å². The van der Waals surface area contributed by atoms with Crippen LogP contribution in [-0.2, 0) is 11.3 Å². The highest BCUT2D eigenvalue weighted by Gasteiger charge is 2.46. The second kappa shape index (κ2) is 8.88. The average molecular weight is 440 g/mol. The van der Waals surface area contributed by atoms with E-state index in [0.717, 1.165) is 52.5 Å². The van der Waals surface area contributed by atoms with Crippen LogP contribution in [0.5, 0.6) is 0 Å². The molecule has 0 aromatic heterocycles. The maximum Gasteiger partial charge on any atom is 0.425 e. The standard InChI is InChI=1S/C23H32F3N3O2/c1-18(23(24,25)26)31-21(30)29-13-9-22(10-14-29)16-27(17-22)15-19-5-7-20(8-6-19)28-11-3-2-4-12-28/h5-8,18H,2-4,9-17H2,1H3. The largest absolute Gasteiger partial charge is 0.437 e. The molecule has 0 radical (unpaired) electrons. The van der Waals surface area contributed by atoms with Gasteiger partial charge in [-0.05, 0) is 62.1 Å². The molecule has 0 saturated carbocycles. The van der Waals surface area contributed by atoms with Crippen LogP contribution in [0.2, 0.25) is 0 Å². The summed E-state index contributed by atoms with van der Waals surface area (Å²) in [5.41, 5.74) is 2.79. The number of piperidine rings is 2.